The first-order valence-corrected chi connectivity index (χ1v) is 32.9. The number of thiazole rings is 1. The highest BCUT2D eigenvalue weighted by atomic mass is 32.1. The molecular weight excluding hydrogens is 1170 g/mol. The maximum absolute atomic E-state index is 15.7. The summed E-state index contributed by atoms with van der Waals surface area (Å²) in [6.45, 7) is 23.2. The number of aliphatic hydroxyl groups excluding tert-OH is 1. The van der Waals surface area contributed by atoms with Gasteiger partial charge in [-0.2, -0.15) is 0 Å². The number of likely N-dealkylation sites (tertiary alicyclic amines) is 2. The van der Waals surface area contributed by atoms with Crippen LogP contribution in [0.4, 0.5) is 26.1 Å². The Morgan fingerprint density at radius 3 is 2.14 bits per heavy atom. The normalized spacial score (nSPS) is 20.5. The van der Waals surface area contributed by atoms with Crippen LogP contribution >= 0.6 is 11.3 Å². The van der Waals surface area contributed by atoms with Gasteiger partial charge in [-0.1, -0.05) is 58.9 Å². The molecular formula is C65H93F2N15O7S. The fourth-order valence-corrected chi connectivity index (χ4v) is 13.5. The molecule has 0 radical (unpaired) electrons. The molecule has 1 spiro atoms. The predicted octanol–water partition coefficient (Wildman–Crippen LogP) is 4.98. The van der Waals surface area contributed by atoms with Crippen molar-refractivity contribution in [2.24, 2.45) is 10.8 Å². The number of β-amino-alcohol motifs (C(OH)–C–C–N with tert-alkyl or cyclic N) is 1. The largest absolute Gasteiger partial charge is 0.391 e. The van der Waals surface area contributed by atoms with Gasteiger partial charge in [0, 0.05) is 135 Å². The van der Waals surface area contributed by atoms with E-state index in [4.69, 9.17) is 0 Å². The van der Waals surface area contributed by atoms with E-state index in [0.29, 0.717) is 96.0 Å². The zero-order valence-corrected chi connectivity index (χ0v) is 54.3. The van der Waals surface area contributed by atoms with Gasteiger partial charge in [0.05, 0.1) is 46.0 Å². The van der Waals surface area contributed by atoms with Crippen LogP contribution in [0.3, 0.4) is 0 Å². The van der Waals surface area contributed by atoms with Gasteiger partial charge in [0.2, 0.25) is 35.4 Å². The molecule has 0 unspecified atom stereocenters. The molecule has 0 saturated carbocycles. The average molecular weight is 1270 g/mol. The molecule has 490 valence electrons. The summed E-state index contributed by atoms with van der Waals surface area (Å²) in [4.78, 5) is 106. The van der Waals surface area contributed by atoms with Crippen molar-refractivity contribution < 1.29 is 42.7 Å². The molecule has 5 aliphatic rings. The third kappa shape index (κ3) is 18.2. The SMILES string of the molecule is Cc1ncsc1-c1ccc([C@H](C)NC(=O)[C@@H]2C[C@@H](O)CN2C(=O)[C@@H](NC(=O)CCC(=O)NCCN2CCN(CCC(=O)NCCCNc3cc(N4CCC5(CC4)CN(c4cc(F)c(CN6CCC(C)(C)CC6)cc4F)CC(=O)N5)ncn3)CC2)C(C)(C)C)cc1. The number of halogens is 2. The number of hydrogen-bond donors (Lipinski definition) is 7. The van der Waals surface area contributed by atoms with Crippen molar-refractivity contribution in [3.8, 4) is 10.4 Å². The van der Waals surface area contributed by atoms with Crippen LogP contribution in [0.25, 0.3) is 10.4 Å². The van der Waals surface area contributed by atoms with Crippen molar-refractivity contribution in [2.75, 3.05) is 120 Å². The lowest BCUT2D eigenvalue weighted by molar-refractivity contribution is -0.144. The number of hydrogen-bond acceptors (Lipinski definition) is 17. The van der Waals surface area contributed by atoms with Gasteiger partial charge in [0.25, 0.3) is 0 Å². The van der Waals surface area contributed by atoms with Crippen molar-refractivity contribution in [3.05, 3.63) is 82.8 Å². The number of benzene rings is 2. The minimum atomic E-state index is -1.01. The molecule has 25 heteroatoms. The van der Waals surface area contributed by atoms with Gasteiger partial charge in [-0.3, -0.25) is 38.6 Å². The number of aryl methyl sites for hydroxylation is 1. The molecule has 6 amide bonds. The topological polar surface area (TPSA) is 253 Å². The summed E-state index contributed by atoms with van der Waals surface area (Å²) in [6.07, 6.45) is 4.74. The summed E-state index contributed by atoms with van der Waals surface area (Å²) >= 11 is 1.56. The number of piperidine rings is 2. The lowest BCUT2D eigenvalue weighted by Gasteiger charge is -2.48. The second-order valence-corrected chi connectivity index (χ2v) is 27.9. The van der Waals surface area contributed by atoms with Crippen molar-refractivity contribution >= 4 is 64.1 Å². The lowest BCUT2D eigenvalue weighted by atomic mass is 9.82. The molecule has 2 aromatic carbocycles. The monoisotopic (exact) mass is 1270 g/mol. The van der Waals surface area contributed by atoms with Gasteiger partial charge in [-0.05, 0) is 87.1 Å². The van der Waals surface area contributed by atoms with E-state index in [9.17, 15) is 33.9 Å². The number of anilines is 3. The molecule has 7 N–H and O–H groups in total. The quantitative estimate of drug-likeness (QED) is 0.0457. The fraction of sp³-hybridized carbons (Fsp3) is 0.615. The van der Waals surface area contributed by atoms with Gasteiger partial charge < -0.3 is 56.6 Å². The molecule has 4 atom stereocenters. The van der Waals surface area contributed by atoms with Crippen LogP contribution in [-0.4, -0.2) is 204 Å². The van der Waals surface area contributed by atoms with Gasteiger partial charge in [-0.15, -0.1) is 11.3 Å². The number of rotatable bonds is 24. The number of aliphatic hydroxyl groups is 1. The van der Waals surface area contributed by atoms with Crippen LogP contribution in [0.1, 0.15) is 122 Å². The second kappa shape index (κ2) is 30.0. The molecule has 90 heavy (non-hydrogen) atoms. The molecule has 0 bridgehead atoms. The van der Waals surface area contributed by atoms with Crippen LogP contribution in [0.15, 0.2) is 54.3 Å². The van der Waals surface area contributed by atoms with Gasteiger partial charge in [-0.25, -0.2) is 23.7 Å². The molecule has 7 heterocycles. The summed E-state index contributed by atoms with van der Waals surface area (Å²) in [6, 6.07) is 10.0. The van der Waals surface area contributed by atoms with E-state index in [1.54, 1.807) is 16.2 Å². The highest BCUT2D eigenvalue weighted by Crippen LogP contribution is 2.36. The number of carbonyl (C=O) groups excluding carboxylic acids is 6. The van der Waals surface area contributed by atoms with Gasteiger partial charge in [0.15, 0.2) is 0 Å². The van der Waals surface area contributed by atoms with E-state index in [0.717, 1.165) is 79.6 Å². The third-order valence-electron chi connectivity index (χ3n) is 18.5. The number of piperazine rings is 2. The molecule has 9 rings (SSSR count). The predicted molar refractivity (Wildman–Crippen MR) is 343 cm³/mol. The number of carbonyl (C=O) groups is 6. The third-order valence-corrected chi connectivity index (χ3v) is 19.5. The Kier molecular flexibility index (Phi) is 22.5. The maximum Gasteiger partial charge on any atom is 0.246 e. The first kappa shape index (κ1) is 67.5. The Morgan fingerprint density at radius 2 is 1.46 bits per heavy atom. The Bertz CT molecular complexity index is 3140. The molecule has 5 fully saturated rings. The van der Waals surface area contributed by atoms with Crippen LogP contribution in [0.2, 0.25) is 0 Å². The first-order chi connectivity index (χ1) is 42.9. The smallest absolute Gasteiger partial charge is 0.246 e. The summed E-state index contributed by atoms with van der Waals surface area (Å²) in [5.41, 5.74) is 4.04. The summed E-state index contributed by atoms with van der Waals surface area (Å²) in [5.74, 6) is -1.42. The molecule has 4 aromatic rings. The summed E-state index contributed by atoms with van der Waals surface area (Å²) in [5, 5.41) is 29.0. The molecule has 22 nitrogen and oxygen atoms in total. The minimum Gasteiger partial charge on any atom is -0.391 e. The number of aromatic nitrogens is 3. The highest BCUT2D eigenvalue weighted by molar-refractivity contribution is 7.13. The zero-order valence-electron chi connectivity index (χ0n) is 53.5. The molecule has 2 aromatic heterocycles. The molecule has 0 aliphatic carbocycles. The van der Waals surface area contributed by atoms with Crippen molar-refractivity contribution in [2.45, 2.75) is 143 Å². The number of nitrogens with zero attached hydrogens (tertiary/aromatic N) is 9. The van der Waals surface area contributed by atoms with E-state index in [-0.39, 0.29) is 67.2 Å². The van der Waals surface area contributed by atoms with Crippen LogP contribution in [0.5, 0.6) is 0 Å². The van der Waals surface area contributed by atoms with Crippen LogP contribution in [-0.2, 0) is 35.3 Å². The Labute approximate surface area is 532 Å². The van der Waals surface area contributed by atoms with E-state index in [2.05, 4.69) is 80.3 Å². The fourth-order valence-electron chi connectivity index (χ4n) is 12.7. The number of amides is 6. The molecule has 5 aliphatic heterocycles. The lowest BCUT2D eigenvalue weighted by Crippen LogP contribution is -2.66. The van der Waals surface area contributed by atoms with Crippen molar-refractivity contribution in [1.82, 2.24) is 61.1 Å². The van der Waals surface area contributed by atoms with E-state index in [1.807, 2.05) is 70.5 Å². The van der Waals surface area contributed by atoms with Gasteiger partial charge >= 0.3 is 0 Å². The average Bonchev–Trinajstić information content (AvgIpc) is 0.869. The molecule has 5 saturated heterocycles. The van der Waals surface area contributed by atoms with Crippen LogP contribution < -0.4 is 41.7 Å². The van der Waals surface area contributed by atoms with E-state index >= 15 is 8.78 Å². The number of nitrogens with one attached hydrogen (secondary N) is 6. The van der Waals surface area contributed by atoms with Gasteiger partial charge in [0.1, 0.15) is 41.7 Å². The summed E-state index contributed by atoms with van der Waals surface area (Å²) < 4.78 is 31.3. The Morgan fingerprint density at radius 1 is 0.778 bits per heavy atom. The van der Waals surface area contributed by atoms with Crippen molar-refractivity contribution in [1.29, 1.82) is 0 Å². The minimum absolute atomic E-state index is 0.0201. The Hall–Kier alpha value is -6.93. The second-order valence-electron chi connectivity index (χ2n) is 27.1. The van der Waals surface area contributed by atoms with E-state index < -0.39 is 58.5 Å². The standard InChI is InChI=1S/C65H93F2N15O7S/c1-43(45-9-11-46(12-10-45)59-44(2)73-42-90-59)74-61(88)52-34-48(83)38-82(52)62(89)60(63(3,4)5)75-57(86)14-13-55(84)70-22-28-78-31-29-77(30-32-78)23-15-56(85)69-21-8-20-68-53-36-54(72-41-71-53)80-26-18-65(19-27-80)40-81(39-58(87)76-65)51-35-49(66)47(33-50(51)67)37-79-24-16-64(6,7)17-25-79/h9-12,33,35-36,41-43,48,52,60,83H,8,13-32,34,37-40H2,1-7H3,(H,69,85)(H,70,84)(H,74,88)(H,75,86)(H,76,87)(H,68,71,72)/t43-,48+,52-,60+/m0/s1. The maximum atomic E-state index is 15.7. The zero-order chi connectivity index (χ0) is 64.3. The van der Waals surface area contributed by atoms with Crippen LogP contribution in [0, 0.1) is 29.4 Å². The van der Waals surface area contributed by atoms with E-state index in [1.165, 1.54) is 23.4 Å². The highest BCUT2D eigenvalue weighted by Gasteiger charge is 2.46. The summed E-state index contributed by atoms with van der Waals surface area (Å²) in [7, 11) is 0. The Balaban J connectivity index is 0.613. The first-order valence-electron chi connectivity index (χ1n) is 32.0. The van der Waals surface area contributed by atoms with Crippen molar-refractivity contribution in [3.63, 3.8) is 0 Å².